The van der Waals surface area contributed by atoms with Gasteiger partial charge in [0.25, 0.3) is 5.91 Å². The van der Waals surface area contributed by atoms with Crippen LogP contribution in [0.25, 0.3) is 0 Å². The Morgan fingerprint density at radius 3 is 2.70 bits per heavy atom. The Hall–Kier alpha value is -3.92. The lowest BCUT2D eigenvalue weighted by Crippen LogP contribution is -2.31. The molecule has 1 fully saturated rings. The van der Waals surface area contributed by atoms with Crippen LogP contribution in [-0.4, -0.2) is 47.6 Å². The predicted octanol–water partition coefficient (Wildman–Crippen LogP) is 2.87. The lowest BCUT2D eigenvalue weighted by Gasteiger charge is -2.24. The van der Waals surface area contributed by atoms with Crippen LogP contribution in [0.3, 0.4) is 0 Å². The SMILES string of the molecule is COc1cccc(NC(=O)c2cnc(Nc3cnc(N)cn3)cc2NCC2CCNCC2)c1. The summed E-state index contributed by atoms with van der Waals surface area (Å²) in [5.41, 5.74) is 7.38. The number of nitrogens with two attached hydrogens (primary N) is 1. The van der Waals surface area contributed by atoms with E-state index in [2.05, 4.69) is 36.2 Å². The number of carbonyl (C=O) groups is 1. The predicted molar refractivity (Wildman–Crippen MR) is 129 cm³/mol. The van der Waals surface area contributed by atoms with E-state index in [0.29, 0.717) is 46.1 Å². The van der Waals surface area contributed by atoms with Gasteiger partial charge in [-0.05, 0) is 44.0 Å². The molecule has 4 rings (SSSR count). The maximum atomic E-state index is 13.1. The number of nitrogens with one attached hydrogen (secondary N) is 4. The number of benzene rings is 1. The summed E-state index contributed by atoms with van der Waals surface area (Å²) in [5.74, 6) is 2.33. The molecule has 0 radical (unpaired) electrons. The number of nitrogens with zero attached hydrogens (tertiary/aromatic N) is 3. The molecule has 6 N–H and O–H groups in total. The van der Waals surface area contributed by atoms with Crippen molar-refractivity contribution in [2.24, 2.45) is 5.92 Å². The van der Waals surface area contributed by atoms with Gasteiger partial charge in [0.05, 0.1) is 30.8 Å². The number of rotatable bonds is 8. The van der Waals surface area contributed by atoms with E-state index in [1.165, 1.54) is 12.4 Å². The number of ether oxygens (including phenoxy) is 1. The minimum absolute atomic E-state index is 0.262. The number of amides is 1. The first-order chi connectivity index (χ1) is 16.1. The monoisotopic (exact) mass is 448 g/mol. The number of hydrogen-bond donors (Lipinski definition) is 5. The van der Waals surface area contributed by atoms with Crippen LogP contribution < -0.4 is 31.7 Å². The second-order valence-electron chi connectivity index (χ2n) is 7.83. The van der Waals surface area contributed by atoms with Crippen LogP contribution in [-0.2, 0) is 0 Å². The van der Waals surface area contributed by atoms with Crippen molar-refractivity contribution in [3.63, 3.8) is 0 Å². The first-order valence-electron chi connectivity index (χ1n) is 10.9. The zero-order valence-electron chi connectivity index (χ0n) is 18.5. The minimum atomic E-state index is -0.262. The van der Waals surface area contributed by atoms with E-state index in [1.807, 2.05) is 18.2 Å². The quantitative estimate of drug-likeness (QED) is 0.352. The van der Waals surface area contributed by atoms with Gasteiger partial charge in [-0.1, -0.05) is 6.07 Å². The van der Waals surface area contributed by atoms with Crippen LogP contribution >= 0.6 is 0 Å². The number of methoxy groups -OCH3 is 1. The summed E-state index contributed by atoms with van der Waals surface area (Å²) in [6, 6.07) is 9.03. The number of pyridine rings is 1. The Morgan fingerprint density at radius 2 is 1.94 bits per heavy atom. The number of anilines is 5. The third-order valence-electron chi connectivity index (χ3n) is 5.44. The van der Waals surface area contributed by atoms with Crippen LogP contribution in [0.5, 0.6) is 5.75 Å². The molecule has 0 unspecified atom stereocenters. The van der Waals surface area contributed by atoms with Crippen molar-refractivity contribution in [2.45, 2.75) is 12.8 Å². The van der Waals surface area contributed by atoms with Gasteiger partial charge in [-0.2, -0.15) is 0 Å². The molecule has 10 heteroatoms. The molecular formula is C23H28N8O2. The maximum absolute atomic E-state index is 13.1. The smallest absolute Gasteiger partial charge is 0.259 e. The van der Waals surface area contributed by atoms with E-state index in [1.54, 1.807) is 25.4 Å². The molecule has 1 amide bonds. The molecule has 172 valence electrons. The van der Waals surface area contributed by atoms with Crippen LogP contribution in [0.2, 0.25) is 0 Å². The number of nitrogen functional groups attached to an aromatic ring is 1. The molecule has 10 nitrogen and oxygen atoms in total. The van der Waals surface area contributed by atoms with Gasteiger partial charge < -0.3 is 31.7 Å². The average molecular weight is 449 g/mol. The van der Waals surface area contributed by atoms with Gasteiger partial charge in [-0.3, -0.25) is 4.79 Å². The number of piperidine rings is 1. The molecule has 0 saturated carbocycles. The second-order valence-corrected chi connectivity index (χ2v) is 7.83. The highest BCUT2D eigenvalue weighted by Crippen LogP contribution is 2.24. The average Bonchev–Trinajstić information content (AvgIpc) is 2.85. The fourth-order valence-corrected chi connectivity index (χ4v) is 3.62. The van der Waals surface area contributed by atoms with E-state index in [-0.39, 0.29) is 5.91 Å². The molecule has 1 aliphatic heterocycles. The summed E-state index contributed by atoms with van der Waals surface area (Å²) in [4.78, 5) is 25.7. The zero-order chi connectivity index (χ0) is 23.0. The molecule has 0 atom stereocenters. The molecule has 0 bridgehead atoms. The lowest BCUT2D eigenvalue weighted by molar-refractivity contribution is 0.102. The summed E-state index contributed by atoms with van der Waals surface area (Å²) in [6.07, 6.45) is 6.73. The Bertz CT molecular complexity index is 1080. The van der Waals surface area contributed by atoms with Crippen molar-refractivity contribution < 1.29 is 9.53 Å². The Balaban J connectivity index is 1.55. The fourth-order valence-electron chi connectivity index (χ4n) is 3.62. The summed E-state index contributed by atoms with van der Waals surface area (Å²) in [6.45, 7) is 2.79. The molecule has 1 saturated heterocycles. The molecular weight excluding hydrogens is 420 g/mol. The number of carbonyl (C=O) groups excluding carboxylic acids is 1. The standard InChI is InChI=1S/C23H28N8O2/c1-33-17-4-2-3-16(9-17)30-23(32)18-12-28-21(31-22-14-27-20(24)13-29-22)10-19(18)26-11-15-5-7-25-8-6-15/h2-4,9-10,12-15,25H,5-8,11H2,1H3,(H2,24,27)(H,30,32)(H2,26,28,29,31). The van der Waals surface area contributed by atoms with Gasteiger partial charge in [0, 0.05) is 30.6 Å². The van der Waals surface area contributed by atoms with Crippen LogP contribution in [0.15, 0.2) is 48.9 Å². The molecule has 1 aromatic carbocycles. The van der Waals surface area contributed by atoms with Crippen molar-refractivity contribution >= 4 is 34.7 Å². The van der Waals surface area contributed by atoms with Gasteiger partial charge in [0.15, 0.2) is 0 Å². The molecule has 2 aromatic heterocycles. The number of aromatic nitrogens is 3. The van der Waals surface area contributed by atoms with E-state index >= 15 is 0 Å². The van der Waals surface area contributed by atoms with Crippen molar-refractivity contribution in [1.82, 2.24) is 20.3 Å². The highest BCUT2D eigenvalue weighted by molar-refractivity contribution is 6.08. The lowest BCUT2D eigenvalue weighted by atomic mass is 9.98. The van der Waals surface area contributed by atoms with E-state index < -0.39 is 0 Å². The van der Waals surface area contributed by atoms with E-state index in [4.69, 9.17) is 10.5 Å². The molecule has 33 heavy (non-hydrogen) atoms. The third kappa shape index (κ3) is 6.07. The summed E-state index contributed by atoms with van der Waals surface area (Å²) < 4.78 is 5.24. The van der Waals surface area contributed by atoms with Gasteiger partial charge in [-0.25, -0.2) is 15.0 Å². The third-order valence-corrected chi connectivity index (χ3v) is 5.44. The highest BCUT2D eigenvalue weighted by Gasteiger charge is 2.17. The maximum Gasteiger partial charge on any atom is 0.259 e. The first-order valence-corrected chi connectivity index (χ1v) is 10.9. The number of hydrogen-bond acceptors (Lipinski definition) is 9. The first kappa shape index (κ1) is 22.3. The highest BCUT2D eigenvalue weighted by atomic mass is 16.5. The Labute approximate surface area is 192 Å². The van der Waals surface area contributed by atoms with Crippen LogP contribution in [0, 0.1) is 5.92 Å². The van der Waals surface area contributed by atoms with Crippen molar-refractivity contribution in [2.75, 3.05) is 48.4 Å². The molecule has 3 aromatic rings. The van der Waals surface area contributed by atoms with Gasteiger partial charge in [0.1, 0.15) is 23.2 Å². The van der Waals surface area contributed by atoms with Crippen molar-refractivity contribution in [1.29, 1.82) is 0 Å². The van der Waals surface area contributed by atoms with Gasteiger partial charge >= 0.3 is 0 Å². The normalized spacial score (nSPS) is 13.8. The van der Waals surface area contributed by atoms with E-state index in [9.17, 15) is 4.79 Å². The molecule has 3 heterocycles. The van der Waals surface area contributed by atoms with Crippen molar-refractivity contribution in [3.8, 4) is 5.75 Å². The Kier molecular flexibility index (Phi) is 7.16. The second kappa shape index (κ2) is 10.6. The zero-order valence-corrected chi connectivity index (χ0v) is 18.5. The van der Waals surface area contributed by atoms with Crippen LogP contribution in [0.4, 0.5) is 28.8 Å². The van der Waals surface area contributed by atoms with Gasteiger partial charge in [-0.15, -0.1) is 0 Å². The minimum Gasteiger partial charge on any atom is -0.497 e. The molecule has 0 spiro atoms. The summed E-state index contributed by atoms with van der Waals surface area (Å²) in [7, 11) is 1.59. The molecule has 0 aliphatic carbocycles. The van der Waals surface area contributed by atoms with E-state index in [0.717, 1.165) is 32.5 Å². The van der Waals surface area contributed by atoms with Gasteiger partial charge in [0.2, 0.25) is 0 Å². The van der Waals surface area contributed by atoms with Crippen molar-refractivity contribution in [3.05, 3.63) is 54.5 Å². The topological polar surface area (TPSA) is 139 Å². The summed E-state index contributed by atoms with van der Waals surface area (Å²) >= 11 is 0. The van der Waals surface area contributed by atoms with Crippen LogP contribution in [0.1, 0.15) is 23.2 Å². The largest absolute Gasteiger partial charge is 0.497 e. The fraction of sp³-hybridized carbons (Fsp3) is 0.304. The molecule has 1 aliphatic rings. The summed E-state index contributed by atoms with van der Waals surface area (Å²) in [5, 5.41) is 12.9. The Morgan fingerprint density at radius 1 is 1.12 bits per heavy atom.